The lowest BCUT2D eigenvalue weighted by atomic mass is 10.2. The largest absolute Gasteiger partial charge is 0.481 e. The van der Waals surface area contributed by atoms with Gasteiger partial charge in [0.15, 0.2) is 0 Å². The first kappa shape index (κ1) is 12.4. The van der Waals surface area contributed by atoms with Gasteiger partial charge in [0.25, 0.3) is 0 Å². The Bertz CT molecular complexity index is 397. The number of carbonyl (C=O) groups is 1. The summed E-state index contributed by atoms with van der Waals surface area (Å²) in [5, 5.41) is 8.92. The van der Waals surface area contributed by atoms with Gasteiger partial charge < -0.3 is 5.11 Å². The van der Waals surface area contributed by atoms with Crippen molar-refractivity contribution < 1.29 is 9.90 Å². The number of piperidine rings is 1. The number of carboxylic acids is 1. The number of halogens is 1. The van der Waals surface area contributed by atoms with E-state index in [4.69, 9.17) is 5.11 Å². The van der Waals surface area contributed by atoms with Gasteiger partial charge in [0, 0.05) is 19.6 Å². The Morgan fingerprint density at radius 2 is 1.82 bits per heavy atom. The van der Waals surface area contributed by atoms with E-state index >= 15 is 0 Å². The molecule has 4 heteroatoms. The van der Waals surface area contributed by atoms with Crippen LogP contribution in [-0.2, 0) is 11.3 Å². The van der Waals surface area contributed by atoms with Crippen LogP contribution in [0.2, 0.25) is 0 Å². The van der Waals surface area contributed by atoms with E-state index in [1.54, 1.807) is 0 Å². The first-order valence-corrected chi connectivity index (χ1v) is 5.75. The van der Waals surface area contributed by atoms with Crippen LogP contribution >= 0.6 is 12.4 Å². The van der Waals surface area contributed by atoms with Crippen molar-refractivity contribution in [3.8, 4) is 0 Å². The summed E-state index contributed by atoms with van der Waals surface area (Å²) in [5.41, 5.74) is 1.32. The van der Waals surface area contributed by atoms with Gasteiger partial charge in [-0.05, 0) is 17.4 Å². The zero-order valence-electron chi connectivity index (χ0n) is 9.45. The van der Waals surface area contributed by atoms with Crippen molar-refractivity contribution in [2.45, 2.75) is 6.54 Å². The Morgan fingerprint density at radius 1 is 1.24 bits per heavy atom. The van der Waals surface area contributed by atoms with Crippen LogP contribution < -0.4 is 0 Å². The van der Waals surface area contributed by atoms with Crippen LogP contribution in [0.4, 0.5) is 0 Å². The Kier molecular flexibility index (Phi) is 3.40. The molecule has 2 atom stereocenters. The molecular formula is C13H16ClNO2. The molecule has 0 aromatic heterocycles. The van der Waals surface area contributed by atoms with Crippen molar-refractivity contribution in [3.63, 3.8) is 0 Å². The van der Waals surface area contributed by atoms with E-state index < -0.39 is 5.97 Å². The zero-order chi connectivity index (χ0) is 11.1. The fourth-order valence-corrected chi connectivity index (χ4v) is 2.95. The minimum absolute atomic E-state index is 0. The summed E-state index contributed by atoms with van der Waals surface area (Å²) in [7, 11) is 0. The molecule has 1 aliphatic heterocycles. The summed E-state index contributed by atoms with van der Waals surface area (Å²) >= 11 is 0. The summed E-state index contributed by atoms with van der Waals surface area (Å²) in [6.07, 6.45) is 0. The predicted molar refractivity (Wildman–Crippen MR) is 67.1 cm³/mol. The standard InChI is InChI=1S/C13H15NO2.ClH/c15-13(16)12-10-7-14(8-11(10)12)6-9-4-2-1-3-5-9;/h1-5,10-12H,6-8H2,(H,15,16);1H. The van der Waals surface area contributed by atoms with Crippen molar-refractivity contribution >= 4 is 18.4 Å². The lowest BCUT2D eigenvalue weighted by Gasteiger charge is -2.18. The van der Waals surface area contributed by atoms with Crippen LogP contribution in [0.5, 0.6) is 0 Å². The third kappa shape index (κ3) is 2.31. The molecule has 2 aliphatic rings. The lowest BCUT2D eigenvalue weighted by molar-refractivity contribution is -0.139. The van der Waals surface area contributed by atoms with E-state index in [0.29, 0.717) is 11.8 Å². The highest BCUT2D eigenvalue weighted by molar-refractivity contribution is 5.85. The number of nitrogens with zero attached hydrogens (tertiary/aromatic N) is 1. The van der Waals surface area contributed by atoms with E-state index in [2.05, 4.69) is 17.0 Å². The van der Waals surface area contributed by atoms with Crippen molar-refractivity contribution in [3.05, 3.63) is 35.9 Å². The van der Waals surface area contributed by atoms with Crippen LogP contribution in [0, 0.1) is 17.8 Å². The summed E-state index contributed by atoms with van der Waals surface area (Å²) in [6, 6.07) is 10.4. The maximum atomic E-state index is 10.8. The average molecular weight is 254 g/mol. The molecule has 3 rings (SSSR count). The number of likely N-dealkylation sites (tertiary alicyclic amines) is 1. The minimum atomic E-state index is -0.602. The molecule has 0 radical (unpaired) electrons. The minimum Gasteiger partial charge on any atom is -0.481 e. The van der Waals surface area contributed by atoms with Gasteiger partial charge in [0.2, 0.25) is 0 Å². The van der Waals surface area contributed by atoms with E-state index in [1.165, 1.54) is 5.56 Å². The molecule has 92 valence electrons. The highest BCUT2D eigenvalue weighted by atomic mass is 35.5. The van der Waals surface area contributed by atoms with E-state index in [-0.39, 0.29) is 18.3 Å². The molecule has 1 aliphatic carbocycles. The molecule has 1 saturated heterocycles. The molecule has 3 nitrogen and oxygen atoms in total. The van der Waals surface area contributed by atoms with Crippen LogP contribution in [0.3, 0.4) is 0 Å². The summed E-state index contributed by atoms with van der Waals surface area (Å²) < 4.78 is 0. The van der Waals surface area contributed by atoms with Crippen molar-refractivity contribution in [1.29, 1.82) is 0 Å². The van der Waals surface area contributed by atoms with Gasteiger partial charge in [-0.3, -0.25) is 9.69 Å². The lowest BCUT2D eigenvalue weighted by Crippen LogP contribution is -2.25. The molecule has 1 N–H and O–H groups in total. The van der Waals surface area contributed by atoms with Crippen molar-refractivity contribution in [1.82, 2.24) is 4.90 Å². The molecule has 1 saturated carbocycles. The first-order chi connectivity index (χ1) is 7.75. The Morgan fingerprint density at radius 3 is 2.35 bits per heavy atom. The van der Waals surface area contributed by atoms with E-state index in [0.717, 1.165) is 19.6 Å². The Hall–Kier alpha value is -1.06. The summed E-state index contributed by atoms with van der Waals surface area (Å²) in [4.78, 5) is 13.2. The topological polar surface area (TPSA) is 40.5 Å². The van der Waals surface area contributed by atoms with Crippen molar-refractivity contribution in [2.75, 3.05) is 13.1 Å². The van der Waals surface area contributed by atoms with Crippen molar-refractivity contribution in [2.24, 2.45) is 17.8 Å². The van der Waals surface area contributed by atoms with Gasteiger partial charge in [-0.15, -0.1) is 12.4 Å². The van der Waals surface area contributed by atoms with Crippen LogP contribution in [0.25, 0.3) is 0 Å². The monoisotopic (exact) mass is 253 g/mol. The molecule has 1 aromatic carbocycles. The third-order valence-electron chi connectivity index (χ3n) is 3.80. The Balaban J connectivity index is 0.00000108. The quantitative estimate of drug-likeness (QED) is 0.894. The van der Waals surface area contributed by atoms with Gasteiger partial charge in [0.05, 0.1) is 5.92 Å². The first-order valence-electron chi connectivity index (χ1n) is 5.75. The van der Waals surface area contributed by atoms with E-state index in [9.17, 15) is 4.79 Å². The van der Waals surface area contributed by atoms with Crippen LogP contribution in [0.15, 0.2) is 30.3 Å². The molecule has 0 amide bonds. The molecule has 17 heavy (non-hydrogen) atoms. The Labute approximate surface area is 107 Å². The van der Waals surface area contributed by atoms with Gasteiger partial charge >= 0.3 is 5.97 Å². The second-order valence-electron chi connectivity index (χ2n) is 4.87. The zero-order valence-corrected chi connectivity index (χ0v) is 10.3. The number of fused-ring (bicyclic) bond motifs is 1. The molecular weight excluding hydrogens is 238 g/mol. The number of rotatable bonds is 3. The van der Waals surface area contributed by atoms with Crippen LogP contribution in [0.1, 0.15) is 5.56 Å². The number of aliphatic carboxylic acids is 1. The highest BCUT2D eigenvalue weighted by Crippen LogP contribution is 2.51. The van der Waals surface area contributed by atoms with Gasteiger partial charge in [0.1, 0.15) is 0 Å². The summed E-state index contributed by atoms with van der Waals surface area (Å²) in [5.74, 6) is 0.184. The third-order valence-corrected chi connectivity index (χ3v) is 3.80. The number of hydrogen-bond acceptors (Lipinski definition) is 2. The molecule has 1 heterocycles. The second-order valence-corrected chi connectivity index (χ2v) is 4.87. The highest BCUT2D eigenvalue weighted by Gasteiger charge is 2.59. The smallest absolute Gasteiger partial charge is 0.307 e. The van der Waals surface area contributed by atoms with Crippen LogP contribution in [-0.4, -0.2) is 29.1 Å². The van der Waals surface area contributed by atoms with E-state index in [1.807, 2.05) is 18.2 Å². The second kappa shape index (κ2) is 4.67. The van der Waals surface area contributed by atoms with Gasteiger partial charge in [-0.1, -0.05) is 30.3 Å². The van der Waals surface area contributed by atoms with Gasteiger partial charge in [-0.2, -0.15) is 0 Å². The SMILES string of the molecule is Cl.O=C(O)C1C2CN(Cc3ccccc3)CC21. The predicted octanol–water partition coefficient (Wildman–Crippen LogP) is 1.87. The number of benzene rings is 1. The number of hydrogen-bond donors (Lipinski definition) is 1. The maximum absolute atomic E-state index is 10.8. The fourth-order valence-electron chi connectivity index (χ4n) is 2.95. The molecule has 0 bridgehead atoms. The summed E-state index contributed by atoms with van der Waals surface area (Å²) in [6.45, 7) is 2.87. The molecule has 1 aromatic rings. The average Bonchev–Trinajstić information content (AvgIpc) is 2.79. The molecule has 2 fully saturated rings. The molecule has 2 unspecified atom stereocenters. The molecule has 0 spiro atoms. The fraction of sp³-hybridized carbons (Fsp3) is 0.462. The number of carboxylic acid groups (broad SMARTS) is 1. The van der Waals surface area contributed by atoms with Gasteiger partial charge in [-0.25, -0.2) is 0 Å². The normalized spacial score (nSPS) is 30.5. The maximum Gasteiger partial charge on any atom is 0.307 e.